The summed E-state index contributed by atoms with van der Waals surface area (Å²) < 4.78 is 1.76. The van der Waals surface area contributed by atoms with E-state index in [4.69, 9.17) is 28.9 Å². The van der Waals surface area contributed by atoms with Gasteiger partial charge in [-0.1, -0.05) is 23.2 Å². The number of nitrogens with two attached hydrogens (primary N) is 1. The average Bonchev–Trinajstić information content (AvgIpc) is 2.78. The minimum absolute atomic E-state index is 0.234. The van der Waals surface area contributed by atoms with Crippen LogP contribution in [-0.4, -0.2) is 15.5 Å². The maximum absolute atomic E-state index is 12.2. The van der Waals surface area contributed by atoms with Crippen LogP contribution >= 0.6 is 23.2 Å². The summed E-state index contributed by atoms with van der Waals surface area (Å²) in [5, 5.41) is 3.44. The summed E-state index contributed by atoms with van der Waals surface area (Å²) in [4.78, 5) is 16.3. The molecule has 0 bridgehead atoms. The summed E-state index contributed by atoms with van der Waals surface area (Å²) >= 11 is 11.9. The molecule has 0 fully saturated rings. The van der Waals surface area contributed by atoms with E-state index in [-0.39, 0.29) is 5.91 Å². The van der Waals surface area contributed by atoms with Crippen molar-refractivity contribution in [2.24, 2.45) is 0 Å². The van der Waals surface area contributed by atoms with Crippen LogP contribution in [0.5, 0.6) is 0 Å². The topological polar surface area (TPSA) is 72.9 Å². The maximum Gasteiger partial charge on any atom is 0.247 e. The molecular formula is C13H14Cl2N4O. The molecule has 1 aromatic heterocycles. The number of rotatable bonds is 3. The zero-order valence-electron chi connectivity index (χ0n) is 11.0. The number of carbonyl (C=O) groups is 1. The lowest BCUT2D eigenvalue weighted by molar-refractivity contribution is -0.118. The SMILES string of the molecule is Cc1nccn1C(C)C(=O)Nc1c(N)cc(Cl)cc1Cl. The van der Waals surface area contributed by atoms with E-state index in [1.807, 2.05) is 6.92 Å². The largest absolute Gasteiger partial charge is 0.397 e. The Morgan fingerprint density at radius 3 is 2.70 bits per heavy atom. The highest BCUT2D eigenvalue weighted by molar-refractivity contribution is 6.37. The first-order chi connectivity index (χ1) is 9.40. The molecule has 1 atom stereocenters. The summed E-state index contributed by atoms with van der Waals surface area (Å²) in [7, 11) is 0. The van der Waals surface area contributed by atoms with Crippen molar-refractivity contribution in [2.45, 2.75) is 19.9 Å². The number of imidazole rings is 1. The summed E-state index contributed by atoms with van der Waals surface area (Å²) in [6, 6.07) is 2.64. The molecule has 3 N–H and O–H groups in total. The molecule has 0 aliphatic rings. The van der Waals surface area contributed by atoms with Crippen molar-refractivity contribution in [1.82, 2.24) is 9.55 Å². The van der Waals surface area contributed by atoms with E-state index in [9.17, 15) is 4.79 Å². The van der Waals surface area contributed by atoms with Crippen molar-refractivity contribution >= 4 is 40.5 Å². The van der Waals surface area contributed by atoms with Gasteiger partial charge in [-0.2, -0.15) is 0 Å². The van der Waals surface area contributed by atoms with Crippen LogP contribution in [0.1, 0.15) is 18.8 Å². The van der Waals surface area contributed by atoms with Gasteiger partial charge in [0.15, 0.2) is 0 Å². The molecule has 0 spiro atoms. The molecule has 0 radical (unpaired) electrons. The number of halogens is 2. The second-order valence-electron chi connectivity index (χ2n) is 4.40. The molecule has 1 amide bonds. The van der Waals surface area contributed by atoms with Crippen LogP contribution in [0.15, 0.2) is 24.5 Å². The fraction of sp³-hybridized carbons (Fsp3) is 0.231. The van der Waals surface area contributed by atoms with Crippen LogP contribution in [0, 0.1) is 6.92 Å². The molecule has 106 valence electrons. The first kappa shape index (κ1) is 14.7. The zero-order chi connectivity index (χ0) is 14.9. The predicted molar refractivity (Wildman–Crippen MR) is 81.2 cm³/mol. The standard InChI is InChI=1S/C13H14Cl2N4O/c1-7(19-4-3-17-8(19)2)13(20)18-12-10(15)5-9(14)6-11(12)16/h3-7H,16H2,1-2H3,(H,18,20). The number of nitrogen functional groups attached to an aromatic ring is 1. The number of hydrogen-bond acceptors (Lipinski definition) is 3. The van der Waals surface area contributed by atoms with Gasteiger partial charge in [0.25, 0.3) is 0 Å². The Morgan fingerprint density at radius 1 is 1.45 bits per heavy atom. The Morgan fingerprint density at radius 2 is 2.15 bits per heavy atom. The number of hydrogen-bond donors (Lipinski definition) is 2. The Kier molecular flexibility index (Phi) is 4.20. The van der Waals surface area contributed by atoms with Gasteiger partial charge in [0.1, 0.15) is 11.9 Å². The number of carbonyl (C=O) groups excluding carboxylic acids is 1. The van der Waals surface area contributed by atoms with Gasteiger partial charge in [0.05, 0.1) is 16.4 Å². The minimum Gasteiger partial charge on any atom is -0.397 e. The highest BCUT2D eigenvalue weighted by Gasteiger charge is 2.18. The van der Waals surface area contributed by atoms with Crippen molar-refractivity contribution in [2.75, 3.05) is 11.1 Å². The molecular weight excluding hydrogens is 299 g/mol. The van der Waals surface area contributed by atoms with Gasteiger partial charge in [0.2, 0.25) is 5.91 Å². The van der Waals surface area contributed by atoms with E-state index in [1.165, 1.54) is 12.1 Å². The number of aromatic nitrogens is 2. The normalized spacial score (nSPS) is 12.2. The van der Waals surface area contributed by atoms with Gasteiger partial charge in [-0.3, -0.25) is 4.79 Å². The van der Waals surface area contributed by atoms with Crippen LogP contribution in [0.25, 0.3) is 0 Å². The van der Waals surface area contributed by atoms with Crippen molar-refractivity contribution in [1.29, 1.82) is 0 Å². The maximum atomic E-state index is 12.2. The van der Waals surface area contributed by atoms with Crippen LogP contribution < -0.4 is 11.1 Å². The van der Waals surface area contributed by atoms with E-state index in [1.54, 1.807) is 23.9 Å². The monoisotopic (exact) mass is 312 g/mol. The number of nitrogens with one attached hydrogen (secondary N) is 1. The summed E-state index contributed by atoms with van der Waals surface area (Å²) in [6.45, 7) is 3.59. The number of benzene rings is 1. The third-order valence-corrected chi connectivity index (χ3v) is 3.51. The van der Waals surface area contributed by atoms with Gasteiger partial charge in [-0.25, -0.2) is 4.98 Å². The Bertz CT molecular complexity index is 631. The molecule has 2 aromatic rings. The lowest BCUT2D eigenvalue weighted by atomic mass is 10.2. The average molecular weight is 313 g/mol. The Labute approximate surface area is 126 Å². The van der Waals surface area contributed by atoms with Crippen molar-refractivity contribution in [3.8, 4) is 0 Å². The van der Waals surface area contributed by atoms with Crippen LogP contribution in [0.4, 0.5) is 11.4 Å². The molecule has 1 aromatic carbocycles. The molecule has 1 unspecified atom stereocenters. The molecule has 1 heterocycles. The number of amides is 1. The smallest absolute Gasteiger partial charge is 0.247 e. The van der Waals surface area contributed by atoms with Gasteiger partial charge in [-0.15, -0.1) is 0 Å². The second-order valence-corrected chi connectivity index (χ2v) is 5.24. The van der Waals surface area contributed by atoms with E-state index in [0.717, 1.165) is 5.82 Å². The summed E-state index contributed by atoms with van der Waals surface area (Å²) in [5.74, 6) is 0.518. The van der Waals surface area contributed by atoms with E-state index in [0.29, 0.717) is 21.4 Å². The minimum atomic E-state index is -0.427. The third kappa shape index (κ3) is 2.89. The highest BCUT2D eigenvalue weighted by Crippen LogP contribution is 2.32. The molecule has 5 nitrogen and oxygen atoms in total. The van der Waals surface area contributed by atoms with Crippen molar-refractivity contribution < 1.29 is 4.79 Å². The Balaban J connectivity index is 2.23. The van der Waals surface area contributed by atoms with Gasteiger partial charge < -0.3 is 15.6 Å². The quantitative estimate of drug-likeness (QED) is 0.854. The highest BCUT2D eigenvalue weighted by atomic mass is 35.5. The molecule has 7 heteroatoms. The van der Waals surface area contributed by atoms with E-state index >= 15 is 0 Å². The second kappa shape index (κ2) is 5.73. The van der Waals surface area contributed by atoms with Crippen molar-refractivity contribution in [3.05, 3.63) is 40.4 Å². The zero-order valence-corrected chi connectivity index (χ0v) is 12.5. The number of nitrogens with zero attached hydrogens (tertiary/aromatic N) is 2. The Hall–Kier alpha value is -1.72. The van der Waals surface area contributed by atoms with Crippen LogP contribution in [-0.2, 0) is 4.79 Å². The lowest BCUT2D eigenvalue weighted by Gasteiger charge is -2.17. The fourth-order valence-corrected chi connectivity index (χ4v) is 2.43. The molecule has 0 aliphatic carbocycles. The predicted octanol–water partition coefficient (Wildman–Crippen LogP) is 3.28. The van der Waals surface area contributed by atoms with Crippen LogP contribution in [0.2, 0.25) is 10.0 Å². The van der Waals surface area contributed by atoms with E-state index in [2.05, 4.69) is 10.3 Å². The molecule has 0 saturated heterocycles. The number of aryl methyl sites for hydroxylation is 1. The fourth-order valence-electron chi connectivity index (χ4n) is 1.88. The van der Waals surface area contributed by atoms with E-state index < -0.39 is 6.04 Å². The number of anilines is 2. The van der Waals surface area contributed by atoms with Crippen molar-refractivity contribution in [3.63, 3.8) is 0 Å². The third-order valence-electron chi connectivity index (χ3n) is 2.99. The molecule has 2 rings (SSSR count). The molecule has 0 aliphatic heterocycles. The molecule has 0 saturated carbocycles. The first-order valence-electron chi connectivity index (χ1n) is 5.95. The molecule has 20 heavy (non-hydrogen) atoms. The van der Waals surface area contributed by atoms with Gasteiger partial charge in [-0.05, 0) is 26.0 Å². The van der Waals surface area contributed by atoms with Gasteiger partial charge >= 0.3 is 0 Å². The lowest BCUT2D eigenvalue weighted by Crippen LogP contribution is -2.24. The van der Waals surface area contributed by atoms with Gasteiger partial charge in [0, 0.05) is 17.4 Å². The van der Waals surface area contributed by atoms with Crippen LogP contribution in [0.3, 0.4) is 0 Å². The summed E-state index contributed by atoms with van der Waals surface area (Å²) in [5.41, 5.74) is 6.51. The first-order valence-corrected chi connectivity index (χ1v) is 6.70. The summed E-state index contributed by atoms with van der Waals surface area (Å²) in [6.07, 6.45) is 3.38.